The van der Waals surface area contributed by atoms with E-state index in [1.54, 1.807) is 12.1 Å². The van der Waals surface area contributed by atoms with Gasteiger partial charge in [-0.15, -0.1) is 0 Å². The molecule has 0 radical (unpaired) electrons. The van der Waals surface area contributed by atoms with E-state index in [2.05, 4.69) is 15.0 Å². The summed E-state index contributed by atoms with van der Waals surface area (Å²) in [6, 6.07) is 3.57. The van der Waals surface area contributed by atoms with E-state index in [-0.39, 0.29) is 31.1 Å². The molecule has 0 saturated carbocycles. The maximum Gasteiger partial charge on any atom is 0.349 e. The van der Waals surface area contributed by atoms with E-state index in [9.17, 15) is 19.5 Å². The molecule has 0 amide bonds. The highest BCUT2D eigenvalue weighted by Crippen LogP contribution is 2.23. The average Bonchev–Trinajstić information content (AvgIpc) is 2.57. The van der Waals surface area contributed by atoms with Gasteiger partial charge in [-0.2, -0.15) is 4.98 Å². The number of aliphatic hydroxyl groups excluding tert-OH is 2. The number of fused-ring (bicyclic) bond motifs is 2. The van der Waals surface area contributed by atoms with Crippen LogP contribution in [0.25, 0.3) is 22.6 Å². The molecule has 3 rings (SSSR count). The number of aliphatic hydroxyl groups is 2. The lowest BCUT2D eigenvalue weighted by Gasteiger charge is -2.18. The van der Waals surface area contributed by atoms with E-state index in [1.807, 2.05) is 13.8 Å². The number of Topliss-reactive ketones (excluding diaryl/α,β-unsaturated/α-hetero) is 1. The predicted molar refractivity (Wildman–Crippen MR) is 93.2 cm³/mol. The topological polar surface area (TPSA) is 138 Å². The van der Waals surface area contributed by atoms with E-state index in [0.717, 1.165) is 11.1 Å². The Morgan fingerprint density at radius 1 is 1.23 bits per heavy atom. The van der Waals surface area contributed by atoms with E-state index in [1.165, 1.54) is 4.57 Å². The van der Waals surface area contributed by atoms with Crippen LogP contribution in [0.15, 0.2) is 21.7 Å². The van der Waals surface area contributed by atoms with E-state index in [4.69, 9.17) is 5.11 Å². The van der Waals surface area contributed by atoms with Crippen LogP contribution < -0.4 is 11.2 Å². The third-order valence-electron chi connectivity index (χ3n) is 4.31. The summed E-state index contributed by atoms with van der Waals surface area (Å²) >= 11 is 0. The minimum atomic E-state index is -1.36. The lowest BCUT2D eigenvalue weighted by atomic mass is 10.1. The van der Waals surface area contributed by atoms with Crippen LogP contribution in [0.5, 0.6) is 0 Å². The average molecular weight is 358 g/mol. The number of aromatic nitrogens is 4. The maximum atomic E-state index is 12.3. The Morgan fingerprint density at radius 2 is 1.92 bits per heavy atom. The quantitative estimate of drug-likeness (QED) is 0.523. The van der Waals surface area contributed by atoms with Crippen molar-refractivity contribution in [2.45, 2.75) is 32.9 Å². The van der Waals surface area contributed by atoms with Crippen LogP contribution in [0, 0.1) is 13.8 Å². The SMILES string of the molecule is Cc1cc2nc3c(=O)[nH]c(=O)nc-3n(CC(=O)[C@H](O)CCO)c2cc1C. The number of aromatic amines is 1. The largest absolute Gasteiger partial charge is 0.396 e. The lowest BCUT2D eigenvalue weighted by Crippen LogP contribution is -2.32. The fourth-order valence-corrected chi connectivity index (χ4v) is 2.75. The van der Waals surface area contributed by atoms with Crippen molar-refractivity contribution in [2.75, 3.05) is 6.61 Å². The number of aryl methyl sites for hydroxylation is 2. The van der Waals surface area contributed by atoms with Gasteiger partial charge in [0, 0.05) is 13.0 Å². The van der Waals surface area contributed by atoms with Crippen LogP contribution in [0.3, 0.4) is 0 Å². The molecule has 1 aromatic carbocycles. The van der Waals surface area contributed by atoms with Gasteiger partial charge in [0.05, 0.1) is 17.6 Å². The fraction of sp³-hybridized carbons (Fsp3) is 0.353. The summed E-state index contributed by atoms with van der Waals surface area (Å²) in [4.78, 5) is 46.3. The van der Waals surface area contributed by atoms with E-state index in [0.29, 0.717) is 11.0 Å². The highest BCUT2D eigenvalue weighted by Gasteiger charge is 2.23. The van der Waals surface area contributed by atoms with Crippen LogP contribution in [-0.4, -0.2) is 48.2 Å². The van der Waals surface area contributed by atoms with Crippen molar-refractivity contribution in [1.29, 1.82) is 0 Å². The molecule has 9 heteroatoms. The van der Waals surface area contributed by atoms with Gasteiger partial charge in [-0.05, 0) is 37.1 Å². The molecule has 1 aromatic rings. The van der Waals surface area contributed by atoms with Crippen LogP contribution >= 0.6 is 0 Å². The number of rotatable bonds is 5. The molecule has 3 N–H and O–H groups in total. The van der Waals surface area contributed by atoms with Crippen LogP contribution in [-0.2, 0) is 11.3 Å². The molecule has 0 aromatic heterocycles. The monoisotopic (exact) mass is 358 g/mol. The third kappa shape index (κ3) is 3.14. The molecule has 0 unspecified atom stereocenters. The molecule has 2 heterocycles. The molecule has 0 spiro atoms. The van der Waals surface area contributed by atoms with E-state index < -0.39 is 23.1 Å². The lowest BCUT2D eigenvalue weighted by molar-refractivity contribution is -0.128. The van der Waals surface area contributed by atoms with Gasteiger partial charge in [0.25, 0.3) is 5.56 Å². The summed E-state index contributed by atoms with van der Waals surface area (Å²) in [5.74, 6) is -0.593. The molecule has 0 bridgehead atoms. The highest BCUT2D eigenvalue weighted by molar-refractivity contribution is 5.87. The molecule has 2 aliphatic rings. The Kier molecular flexibility index (Phi) is 4.66. The summed E-state index contributed by atoms with van der Waals surface area (Å²) in [6.07, 6.45) is -1.45. The van der Waals surface area contributed by atoms with Crippen molar-refractivity contribution in [3.63, 3.8) is 0 Å². The van der Waals surface area contributed by atoms with E-state index >= 15 is 0 Å². The molecule has 0 saturated heterocycles. The number of hydrogen-bond donors (Lipinski definition) is 3. The molecule has 26 heavy (non-hydrogen) atoms. The first-order valence-electron chi connectivity index (χ1n) is 8.05. The van der Waals surface area contributed by atoms with Gasteiger partial charge in [0.2, 0.25) is 0 Å². The summed E-state index contributed by atoms with van der Waals surface area (Å²) in [5, 5.41) is 18.7. The van der Waals surface area contributed by atoms with Crippen LogP contribution in [0.4, 0.5) is 0 Å². The standard InChI is InChI=1S/C17H18N4O5/c1-8-5-10-11(6-9(8)2)21(7-13(24)12(23)3-4-22)15-14(18-10)16(25)20-17(26)19-15/h5-6,12,22-23H,3-4,7H2,1-2H3,(H,20,25,26)/t12-/m1/s1. The number of nitrogens with zero attached hydrogens (tertiary/aromatic N) is 3. The zero-order chi connectivity index (χ0) is 19.0. The fourth-order valence-electron chi connectivity index (χ4n) is 2.75. The Hall–Kier alpha value is -2.91. The molecule has 136 valence electrons. The van der Waals surface area contributed by atoms with Crippen molar-refractivity contribution < 1.29 is 15.0 Å². The summed E-state index contributed by atoms with van der Waals surface area (Å²) in [7, 11) is 0. The van der Waals surface area contributed by atoms with Gasteiger partial charge in [-0.1, -0.05) is 0 Å². The molecule has 1 atom stereocenters. The first-order valence-corrected chi connectivity index (χ1v) is 8.05. The summed E-state index contributed by atoms with van der Waals surface area (Å²) < 4.78 is 1.41. The number of hydrogen-bond acceptors (Lipinski definition) is 7. The second-order valence-corrected chi connectivity index (χ2v) is 6.16. The maximum absolute atomic E-state index is 12.3. The van der Waals surface area contributed by atoms with Crippen molar-refractivity contribution >= 4 is 16.8 Å². The zero-order valence-corrected chi connectivity index (χ0v) is 14.3. The number of carbonyl (C=O) groups is 1. The minimum Gasteiger partial charge on any atom is -0.396 e. The van der Waals surface area contributed by atoms with Crippen LogP contribution in [0.1, 0.15) is 17.5 Å². The molecule has 2 aliphatic heterocycles. The zero-order valence-electron chi connectivity index (χ0n) is 14.3. The van der Waals surface area contributed by atoms with Crippen molar-refractivity contribution in [3.8, 4) is 11.5 Å². The second kappa shape index (κ2) is 6.77. The van der Waals surface area contributed by atoms with Crippen molar-refractivity contribution in [2.24, 2.45) is 0 Å². The van der Waals surface area contributed by atoms with Gasteiger partial charge in [0.1, 0.15) is 6.10 Å². The number of benzene rings is 1. The number of carbonyl (C=O) groups excluding carboxylic acids is 1. The Balaban J connectivity index is 2.31. The molecule has 0 fully saturated rings. The summed E-state index contributed by atoms with van der Waals surface area (Å²) in [6.45, 7) is 3.13. The van der Waals surface area contributed by atoms with Crippen molar-refractivity contribution in [1.82, 2.24) is 19.5 Å². The second-order valence-electron chi connectivity index (χ2n) is 6.16. The van der Waals surface area contributed by atoms with Gasteiger partial charge in [-0.3, -0.25) is 14.6 Å². The minimum absolute atomic E-state index is 0.0287. The first-order chi connectivity index (χ1) is 12.3. The smallest absolute Gasteiger partial charge is 0.349 e. The first kappa shape index (κ1) is 17.9. The Morgan fingerprint density at radius 3 is 2.62 bits per heavy atom. The van der Waals surface area contributed by atoms with Gasteiger partial charge in [0.15, 0.2) is 17.3 Å². The summed E-state index contributed by atoms with van der Waals surface area (Å²) in [5.41, 5.74) is 1.26. The normalized spacial score (nSPS) is 12.6. The number of ketones is 1. The Labute approximate surface area is 147 Å². The molecular formula is C17H18N4O5. The van der Waals surface area contributed by atoms with Gasteiger partial charge in [-0.25, -0.2) is 9.78 Å². The number of nitrogens with one attached hydrogen (secondary N) is 1. The van der Waals surface area contributed by atoms with Crippen molar-refractivity contribution in [3.05, 3.63) is 44.1 Å². The predicted octanol–water partition coefficient (Wildman–Crippen LogP) is -0.486. The molecule has 9 nitrogen and oxygen atoms in total. The number of H-pyrrole nitrogens is 1. The molecular weight excluding hydrogens is 340 g/mol. The van der Waals surface area contributed by atoms with Gasteiger partial charge >= 0.3 is 5.69 Å². The molecule has 0 aliphatic carbocycles. The van der Waals surface area contributed by atoms with Crippen LogP contribution in [0.2, 0.25) is 0 Å². The van der Waals surface area contributed by atoms with Gasteiger partial charge < -0.3 is 14.8 Å². The highest BCUT2D eigenvalue weighted by atomic mass is 16.3. The Bertz CT molecular complexity index is 1080. The third-order valence-corrected chi connectivity index (χ3v) is 4.31.